The third-order valence-electron chi connectivity index (χ3n) is 4.17. The molecule has 0 spiro atoms. The summed E-state index contributed by atoms with van der Waals surface area (Å²) in [6.45, 7) is 7.56. The van der Waals surface area contributed by atoms with E-state index in [9.17, 15) is 13.2 Å². The number of aromatic nitrogens is 1. The first-order valence-corrected chi connectivity index (χ1v) is 7.48. The molecule has 1 saturated heterocycles. The molecule has 6 heteroatoms. The molecule has 0 amide bonds. The van der Waals surface area contributed by atoms with Gasteiger partial charge in [-0.25, -0.2) is 4.98 Å². The van der Waals surface area contributed by atoms with Crippen LogP contribution in [0.3, 0.4) is 0 Å². The van der Waals surface area contributed by atoms with Gasteiger partial charge in [-0.1, -0.05) is 13.8 Å². The lowest BCUT2D eigenvalue weighted by Gasteiger charge is -2.39. The molecule has 1 fully saturated rings. The Hall–Kier alpha value is -1.30. The molecule has 3 nitrogen and oxygen atoms in total. The number of nitrogens with zero attached hydrogens (tertiary/aromatic N) is 3. The predicted octanol–water partition coefficient (Wildman–Crippen LogP) is 3.41. The van der Waals surface area contributed by atoms with Gasteiger partial charge in [0, 0.05) is 38.4 Å². The van der Waals surface area contributed by atoms with Crippen LogP contribution in [-0.2, 0) is 6.18 Å². The van der Waals surface area contributed by atoms with Crippen molar-refractivity contribution in [2.24, 2.45) is 0 Å². The summed E-state index contributed by atoms with van der Waals surface area (Å²) in [6.07, 6.45) is -0.850. The summed E-state index contributed by atoms with van der Waals surface area (Å²) in [5.74, 6) is 0.425. The maximum atomic E-state index is 12.7. The zero-order chi connectivity index (χ0) is 15.5. The quantitative estimate of drug-likeness (QED) is 0.849. The van der Waals surface area contributed by atoms with Crippen LogP contribution in [0.4, 0.5) is 19.0 Å². The van der Waals surface area contributed by atoms with Crippen molar-refractivity contribution >= 4 is 5.82 Å². The number of pyridine rings is 1. The van der Waals surface area contributed by atoms with Crippen molar-refractivity contribution in [2.45, 2.75) is 38.9 Å². The third-order valence-corrected chi connectivity index (χ3v) is 4.17. The highest BCUT2D eigenvalue weighted by molar-refractivity contribution is 5.42. The molecule has 1 aliphatic rings. The van der Waals surface area contributed by atoms with Gasteiger partial charge in [0.1, 0.15) is 5.82 Å². The molecule has 2 rings (SSSR count). The molecule has 1 aromatic heterocycles. The fraction of sp³-hybridized carbons (Fsp3) is 0.667. The van der Waals surface area contributed by atoms with Crippen molar-refractivity contribution < 1.29 is 13.2 Å². The van der Waals surface area contributed by atoms with E-state index >= 15 is 0 Å². The lowest BCUT2D eigenvalue weighted by Crippen LogP contribution is -2.50. The van der Waals surface area contributed by atoms with Gasteiger partial charge in [-0.05, 0) is 25.0 Å². The molecular formula is C15H22F3N3. The van der Waals surface area contributed by atoms with Crippen molar-refractivity contribution in [2.75, 3.05) is 31.1 Å². The van der Waals surface area contributed by atoms with Crippen LogP contribution in [0.2, 0.25) is 0 Å². The minimum absolute atomic E-state index is 0.425. The van der Waals surface area contributed by atoms with Gasteiger partial charge in [-0.2, -0.15) is 13.2 Å². The Morgan fingerprint density at radius 2 is 1.76 bits per heavy atom. The van der Waals surface area contributed by atoms with E-state index in [1.807, 2.05) is 4.90 Å². The largest absolute Gasteiger partial charge is 0.416 e. The molecule has 1 aromatic rings. The average Bonchev–Trinajstić information content (AvgIpc) is 2.48. The predicted molar refractivity (Wildman–Crippen MR) is 77.4 cm³/mol. The third kappa shape index (κ3) is 3.87. The van der Waals surface area contributed by atoms with Gasteiger partial charge in [-0.3, -0.25) is 4.90 Å². The van der Waals surface area contributed by atoms with E-state index in [-0.39, 0.29) is 0 Å². The SMILES string of the molecule is CCC(CC)N1CCN(c2cc(C(F)(F)F)ccn2)CC1. The lowest BCUT2D eigenvalue weighted by atomic mass is 10.1. The van der Waals surface area contributed by atoms with E-state index in [4.69, 9.17) is 0 Å². The van der Waals surface area contributed by atoms with Crippen LogP contribution in [0.15, 0.2) is 18.3 Å². The van der Waals surface area contributed by atoms with Crippen LogP contribution in [0, 0.1) is 0 Å². The zero-order valence-corrected chi connectivity index (χ0v) is 12.5. The number of alkyl halides is 3. The molecule has 0 atom stereocenters. The van der Waals surface area contributed by atoms with Crippen molar-refractivity contribution in [3.63, 3.8) is 0 Å². The van der Waals surface area contributed by atoms with Gasteiger partial charge in [0.15, 0.2) is 0 Å². The van der Waals surface area contributed by atoms with E-state index in [0.29, 0.717) is 11.9 Å². The maximum Gasteiger partial charge on any atom is 0.416 e. The van der Waals surface area contributed by atoms with Gasteiger partial charge in [0.2, 0.25) is 0 Å². The van der Waals surface area contributed by atoms with Crippen molar-refractivity contribution in [1.29, 1.82) is 0 Å². The summed E-state index contributed by atoms with van der Waals surface area (Å²) in [4.78, 5) is 8.45. The summed E-state index contributed by atoms with van der Waals surface area (Å²) >= 11 is 0. The van der Waals surface area contributed by atoms with Crippen LogP contribution in [-0.4, -0.2) is 42.1 Å². The Bertz CT molecular complexity index is 450. The minimum atomic E-state index is -4.31. The van der Waals surface area contributed by atoms with E-state index in [1.165, 1.54) is 6.20 Å². The number of rotatable bonds is 4. The summed E-state index contributed by atoms with van der Waals surface area (Å²) in [5, 5.41) is 0. The maximum absolute atomic E-state index is 12.7. The second-order valence-corrected chi connectivity index (χ2v) is 5.39. The van der Waals surface area contributed by atoms with Gasteiger partial charge in [0.25, 0.3) is 0 Å². The summed E-state index contributed by atoms with van der Waals surface area (Å²) < 4.78 is 38.2. The number of hydrogen-bond acceptors (Lipinski definition) is 3. The lowest BCUT2D eigenvalue weighted by molar-refractivity contribution is -0.137. The Labute approximate surface area is 123 Å². The molecule has 0 aliphatic carbocycles. The molecule has 0 N–H and O–H groups in total. The van der Waals surface area contributed by atoms with Crippen LogP contribution in [0.5, 0.6) is 0 Å². The second-order valence-electron chi connectivity index (χ2n) is 5.39. The minimum Gasteiger partial charge on any atom is -0.354 e. The second kappa shape index (κ2) is 6.64. The molecule has 0 radical (unpaired) electrons. The summed E-state index contributed by atoms with van der Waals surface area (Å²) in [5.41, 5.74) is -0.630. The molecule has 1 aliphatic heterocycles. The summed E-state index contributed by atoms with van der Waals surface area (Å²) in [6, 6.07) is 2.73. The molecule has 2 heterocycles. The smallest absolute Gasteiger partial charge is 0.354 e. The van der Waals surface area contributed by atoms with Gasteiger partial charge >= 0.3 is 6.18 Å². The first-order valence-electron chi connectivity index (χ1n) is 7.48. The van der Waals surface area contributed by atoms with E-state index in [0.717, 1.165) is 51.2 Å². The first kappa shape index (κ1) is 16.1. The monoisotopic (exact) mass is 301 g/mol. The Morgan fingerprint density at radius 1 is 1.14 bits per heavy atom. The van der Waals surface area contributed by atoms with Gasteiger partial charge < -0.3 is 4.90 Å². The topological polar surface area (TPSA) is 19.4 Å². The molecule has 118 valence electrons. The number of anilines is 1. The highest BCUT2D eigenvalue weighted by atomic mass is 19.4. The van der Waals surface area contributed by atoms with Crippen LogP contribution in [0.25, 0.3) is 0 Å². The van der Waals surface area contributed by atoms with Crippen molar-refractivity contribution in [1.82, 2.24) is 9.88 Å². The molecule has 21 heavy (non-hydrogen) atoms. The van der Waals surface area contributed by atoms with Gasteiger partial charge in [-0.15, -0.1) is 0 Å². The molecule has 0 bridgehead atoms. The molecule has 0 unspecified atom stereocenters. The van der Waals surface area contributed by atoms with Crippen LogP contribution < -0.4 is 4.90 Å². The molecular weight excluding hydrogens is 279 g/mol. The Balaban J connectivity index is 2.02. The number of piperazine rings is 1. The highest BCUT2D eigenvalue weighted by Gasteiger charge is 2.31. The normalized spacial score (nSPS) is 17.5. The molecule has 0 saturated carbocycles. The standard InChI is InChI=1S/C15H22F3N3/c1-3-13(4-2)20-7-9-21(10-8-20)14-11-12(5-6-19-14)15(16,17)18/h5-6,11,13H,3-4,7-10H2,1-2H3. The zero-order valence-electron chi connectivity index (χ0n) is 12.5. The van der Waals surface area contributed by atoms with E-state index in [2.05, 4.69) is 23.7 Å². The van der Waals surface area contributed by atoms with Crippen LogP contribution >= 0.6 is 0 Å². The highest BCUT2D eigenvalue weighted by Crippen LogP contribution is 2.31. The fourth-order valence-corrected chi connectivity index (χ4v) is 2.89. The number of hydrogen-bond donors (Lipinski definition) is 0. The Kier molecular flexibility index (Phi) is 5.08. The van der Waals surface area contributed by atoms with E-state index in [1.54, 1.807) is 0 Å². The first-order chi connectivity index (χ1) is 9.95. The van der Waals surface area contributed by atoms with E-state index < -0.39 is 11.7 Å². The molecule has 0 aromatic carbocycles. The van der Waals surface area contributed by atoms with Crippen molar-refractivity contribution in [3.05, 3.63) is 23.9 Å². The van der Waals surface area contributed by atoms with Crippen LogP contribution in [0.1, 0.15) is 32.3 Å². The fourth-order valence-electron chi connectivity index (χ4n) is 2.89. The average molecular weight is 301 g/mol. The van der Waals surface area contributed by atoms with Gasteiger partial charge in [0.05, 0.1) is 5.56 Å². The Morgan fingerprint density at radius 3 is 2.29 bits per heavy atom. The number of halogens is 3. The van der Waals surface area contributed by atoms with Crippen molar-refractivity contribution in [3.8, 4) is 0 Å². The summed E-state index contributed by atoms with van der Waals surface area (Å²) in [7, 11) is 0.